The summed E-state index contributed by atoms with van der Waals surface area (Å²) in [5.74, 6) is -1.52. The van der Waals surface area contributed by atoms with Gasteiger partial charge in [-0.05, 0) is 19.1 Å². The topological polar surface area (TPSA) is 61.8 Å². The van der Waals surface area contributed by atoms with Crippen molar-refractivity contribution < 1.29 is 23.1 Å². The average molecular weight is 258 g/mol. The molecule has 0 heterocycles. The highest BCUT2D eigenvalue weighted by Gasteiger charge is 2.33. The average Bonchev–Trinajstić information content (AvgIpc) is 2.38. The summed E-state index contributed by atoms with van der Waals surface area (Å²) in [6.45, 7) is 1.47. The molecular formula is C11H15O5P. The lowest BCUT2D eigenvalue weighted by atomic mass is 10.2. The van der Waals surface area contributed by atoms with Gasteiger partial charge in [-0.15, -0.1) is 0 Å². The molecule has 0 spiro atoms. The molecule has 0 saturated carbocycles. The number of ether oxygens (including phenoxy) is 1. The van der Waals surface area contributed by atoms with E-state index in [1.165, 1.54) is 21.1 Å². The Bertz CT molecular complexity index is 409. The summed E-state index contributed by atoms with van der Waals surface area (Å²) < 4.78 is 26.4. The molecule has 1 atom stereocenters. The van der Waals surface area contributed by atoms with E-state index in [1.807, 2.05) is 0 Å². The van der Waals surface area contributed by atoms with Gasteiger partial charge in [-0.1, -0.05) is 18.2 Å². The van der Waals surface area contributed by atoms with Gasteiger partial charge in [0.15, 0.2) is 5.85 Å². The van der Waals surface area contributed by atoms with Gasteiger partial charge in [0.2, 0.25) is 0 Å². The first-order chi connectivity index (χ1) is 8.03. The number of carbonyl (C=O) groups is 1. The van der Waals surface area contributed by atoms with Gasteiger partial charge in [-0.2, -0.15) is 0 Å². The third kappa shape index (κ3) is 3.40. The van der Waals surface area contributed by atoms with E-state index in [0.717, 1.165) is 0 Å². The standard InChI is InChI=1S/C11H15O5P/c1-9(17(13,14-2)15-3)16-11(12)10-7-5-4-6-8-10/h4-9H,1-3H3/t9-/m0/s1. The summed E-state index contributed by atoms with van der Waals surface area (Å²) in [5, 5.41) is 0. The Morgan fingerprint density at radius 3 is 2.18 bits per heavy atom. The molecule has 0 N–H and O–H groups in total. The summed E-state index contributed by atoms with van der Waals surface area (Å²) in [5.41, 5.74) is 0.387. The molecule has 94 valence electrons. The van der Waals surface area contributed by atoms with Crippen LogP contribution in [0.2, 0.25) is 0 Å². The minimum atomic E-state index is -3.39. The van der Waals surface area contributed by atoms with E-state index in [1.54, 1.807) is 30.3 Å². The molecule has 6 heteroatoms. The largest absolute Gasteiger partial charge is 0.446 e. The van der Waals surface area contributed by atoms with E-state index in [9.17, 15) is 9.36 Å². The first kappa shape index (κ1) is 13.9. The fourth-order valence-electron chi connectivity index (χ4n) is 1.23. The summed E-state index contributed by atoms with van der Waals surface area (Å²) in [7, 11) is -0.895. The van der Waals surface area contributed by atoms with Crippen molar-refractivity contribution in [2.24, 2.45) is 0 Å². The van der Waals surface area contributed by atoms with Crippen molar-refractivity contribution in [3.63, 3.8) is 0 Å². The van der Waals surface area contributed by atoms with Gasteiger partial charge in [0.1, 0.15) is 0 Å². The lowest BCUT2D eigenvalue weighted by Crippen LogP contribution is -2.17. The van der Waals surface area contributed by atoms with Gasteiger partial charge in [0, 0.05) is 14.2 Å². The lowest BCUT2D eigenvalue weighted by Gasteiger charge is -2.20. The molecule has 1 aromatic rings. The predicted octanol–water partition coefficient (Wildman–Crippen LogP) is 2.68. The molecule has 0 amide bonds. The van der Waals surface area contributed by atoms with Crippen molar-refractivity contribution in [2.75, 3.05) is 14.2 Å². The SMILES string of the molecule is COP(=O)(OC)[C@@H](C)OC(=O)c1ccccc1. The predicted molar refractivity (Wildman–Crippen MR) is 62.9 cm³/mol. The fourth-order valence-corrected chi connectivity index (χ4v) is 2.20. The highest BCUT2D eigenvalue weighted by atomic mass is 31.2. The second-order valence-corrected chi connectivity index (χ2v) is 5.81. The van der Waals surface area contributed by atoms with Crippen LogP contribution in [0.15, 0.2) is 30.3 Å². The van der Waals surface area contributed by atoms with Crippen molar-refractivity contribution in [1.29, 1.82) is 0 Å². The Labute approximate surface area is 100 Å². The fraction of sp³-hybridized carbons (Fsp3) is 0.364. The molecule has 0 bridgehead atoms. The quantitative estimate of drug-likeness (QED) is 0.600. The van der Waals surface area contributed by atoms with E-state index >= 15 is 0 Å². The van der Waals surface area contributed by atoms with Gasteiger partial charge in [0.25, 0.3) is 0 Å². The Morgan fingerprint density at radius 2 is 1.71 bits per heavy atom. The second kappa shape index (κ2) is 5.96. The normalized spacial score (nSPS) is 13.1. The molecule has 0 unspecified atom stereocenters. The van der Waals surface area contributed by atoms with Crippen LogP contribution in [-0.2, 0) is 18.3 Å². The van der Waals surface area contributed by atoms with E-state index < -0.39 is 19.4 Å². The van der Waals surface area contributed by atoms with Crippen LogP contribution in [-0.4, -0.2) is 26.0 Å². The minimum absolute atomic E-state index is 0.387. The Morgan fingerprint density at radius 1 is 1.18 bits per heavy atom. The number of carbonyl (C=O) groups excluding carboxylic acids is 1. The summed E-state index contributed by atoms with van der Waals surface area (Å²) in [4.78, 5) is 11.7. The van der Waals surface area contributed by atoms with Crippen LogP contribution in [0.25, 0.3) is 0 Å². The molecule has 0 aromatic heterocycles. The maximum Gasteiger partial charge on any atom is 0.370 e. The molecule has 0 fully saturated rings. The summed E-state index contributed by atoms with van der Waals surface area (Å²) in [6, 6.07) is 8.44. The minimum Gasteiger partial charge on any atom is -0.446 e. The number of hydrogen-bond donors (Lipinski definition) is 0. The van der Waals surface area contributed by atoms with Gasteiger partial charge in [-0.3, -0.25) is 4.57 Å². The van der Waals surface area contributed by atoms with Crippen LogP contribution in [0, 0.1) is 0 Å². The smallest absolute Gasteiger partial charge is 0.370 e. The molecule has 1 aromatic carbocycles. The summed E-state index contributed by atoms with van der Waals surface area (Å²) in [6.07, 6.45) is 0. The van der Waals surface area contributed by atoms with Crippen LogP contribution in [0.4, 0.5) is 0 Å². The first-order valence-corrected chi connectivity index (χ1v) is 6.62. The zero-order valence-corrected chi connectivity index (χ0v) is 10.8. The van der Waals surface area contributed by atoms with Crippen molar-refractivity contribution in [3.05, 3.63) is 35.9 Å². The van der Waals surface area contributed by atoms with Gasteiger partial charge < -0.3 is 13.8 Å². The van der Waals surface area contributed by atoms with E-state index in [2.05, 4.69) is 0 Å². The molecule has 0 saturated heterocycles. The molecule has 0 aliphatic heterocycles. The zero-order chi connectivity index (χ0) is 12.9. The van der Waals surface area contributed by atoms with Crippen molar-refractivity contribution in [2.45, 2.75) is 12.8 Å². The lowest BCUT2D eigenvalue weighted by molar-refractivity contribution is 0.0414. The van der Waals surface area contributed by atoms with Gasteiger partial charge >= 0.3 is 13.6 Å². The summed E-state index contributed by atoms with van der Waals surface area (Å²) >= 11 is 0. The van der Waals surface area contributed by atoms with Crippen LogP contribution >= 0.6 is 7.60 Å². The van der Waals surface area contributed by atoms with E-state index in [-0.39, 0.29) is 0 Å². The van der Waals surface area contributed by atoms with Crippen molar-refractivity contribution >= 4 is 13.6 Å². The maximum absolute atomic E-state index is 11.9. The van der Waals surface area contributed by atoms with Gasteiger partial charge in [0.05, 0.1) is 5.56 Å². The molecule has 5 nitrogen and oxygen atoms in total. The second-order valence-electron chi connectivity index (χ2n) is 3.28. The number of benzene rings is 1. The third-order valence-corrected chi connectivity index (χ3v) is 4.26. The third-order valence-electron chi connectivity index (χ3n) is 2.24. The van der Waals surface area contributed by atoms with Crippen LogP contribution in [0.3, 0.4) is 0 Å². The zero-order valence-electron chi connectivity index (χ0n) is 9.95. The molecule has 1 rings (SSSR count). The van der Waals surface area contributed by atoms with Crippen LogP contribution < -0.4 is 0 Å². The number of rotatable bonds is 5. The van der Waals surface area contributed by atoms with Crippen LogP contribution in [0.5, 0.6) is 0 Å². The highest BCUT2D eigenvalue weighted by molar-refractivity contribution is 7.54. The number of hydrogen-bond acceptors (Lipinski definition) is 5. The number of esters is 1. The maximum atomic E-state index is 11.9. The Balaban J connectivity index is 2.73. The van der Waals surface area contributed by atoms with Crippen LogP contribution in [0.1, 0.15) is 17.3 Å². The molecular weight excluding hydrogens is 243 g/mol. The van der Waals surface area contributed by atoms with E-state index in [4.69, 9.17) is 13.8 Å². The van der Waals surface area contributed by atoms with Crippen molar-refractivity contribution in [3.8, 4) is 0 Å². The van der Waals surface area contributed by atoms with E-state index in [0.29, 0.717) is 5.56 Å². The molecule has 0 radical (unpaired) electrons. The first-order valence-electron chi connectivity index (χ1n) is 5.00. The van der Waals surface area contributed by atoms with Gasteiger partial charge in [-0.25, -0.2) is 4.79 Å². The highest BCUT2D eigenvalue weighted by Crippen LogP contribution is 2.51. The molecule has 0 aliphatic rings. The van der Waals surface area contributed by atoms with Crippen molar-refractivity contribution in [1.82, 2.24) is 0 Å². The molecule has 0 aliphatic carbocycles. The molecule has 17 heavy (non-hydrogen) atoms. The Hall–Kier alpha value is -1.16. The Kier molecular flexibility index (Phi) is 4.87. The monoisotopic (exact) mass is 258 g/mol.